The van der Waals surface area contributed by atoms with E-state index in [-0.39, 0.29) is 11.7 Å². The molecule has 3 aromatic carbocycles. The zero-order valence-electron chi connectivity index (χ0n) is 19.5. The Kier molecular flexibility index (Phi) is 9.18. The Morgan fingerprint density at radius 3 is 2.43 bits per heavy atom. The van der Waals surface area contributed by atoms with Gasteiger partial charge < -0.3 is 19.5 Å². The van der Waals surface area contributed by atoms with Crippen molar-refractivity contribution in [2.45, 2.75) is 26.6 Å². The molecule has 35 heavy (non-hydrogen) atoms. The molecule has 0 atom stereocenters. The van der Waals surface area contributed by atoms with E-state index in [1.165, 1.54) is 13.2 Å². The van der Waals surface area contributed by atoms with Crippen molar-refractivity contribution >= 4 is 45.2 Å². The summed E-state index contributed by atoms with van der Waals surface area (Å²) >= 11 is 9.37. The first-order valence-corrected chi connectivity index (χ1v) is 11.9. The van der Waals surface area contributed by atoms with E-state index >= 15 is 0 Å². The SMILES string of the molecule is COc1cc(/C=C(\C#N)C(=O)Nc2ccc(OCc3ccc(Cl)cc3)cc2)cc(Br)c1OC(C)C. The molecular formula is C27H24BrClN2O4. The van der Waals surface area contributed by atoms with Crippen LogP contribution in [0.4, 0.5) is 5.69 Å². The number of rotatable bonds is 9. The van der Waals surface area contributed by atoms with E-state index in [2.05, 4.69) is 21.2 Å². The summed E-state index contributed by atoms with van der Waals surface area (Å²) in [5, 5.41) is 13.0. The molecule has 8 heteroatoms. The van der Waals surface area contributed by atoms with Crippen molar-refractivity contribution in [2.75, 3.05) is 12.4 Å². The molecule has 3 aromatic rings. The van der Waals surface area contributed by atoms with E-state index in [0.717, 1.165) is 5.56 Å². The number of ether oxygens (including phenoxy) is 3. The molecule has 0 fully saturated rings. The van der Waals surface area contributed by atoms with E-state index in [9.17, 15) is 10.1 Å². The fourth-order valence-electron chi connectivity index (χ4n) is 3.07. The highest BCUT2D eigenvalue weighted by Gasteiger charge is 2.15. The molecule has 3 rings (SSSR count). The summed E-state index contributed by atoms with van der Waals surface area (Å²) < 4.78 is 17.6. The number of amides is 1. The fourth-order valence-corrected chi connectivity index (χ4v) is 3.75. The minimum atomic E-state index is -0.528. The maximum absolute atomic E-state index is 12.7. The predicted molar refractivity (Wildman–Crippen MR) is 141 cm³/mol. The Morgan fingerprint density at radius 1 is 1.14 bits per heavy atom. The van der Waals surface area contributed by atoms with Crippen LogP contribution in [-0.4, -0.2) is 19.1 Å². The molecule has 0 aliphatic rings. The highest BCUT2D eigenvalue weighted by atomic mass is 79.9. The monoisotopic (exact) mass is 554 g/mol. The van der Waals surface area contributed by atoms with Crippen LogP contribution in [0.25, 0.3) is 6.08 Å². The van der Waals surface area contributed by atoms with Crippen molar-refractivity contribution in [1.82, 2.24) is 0 Å². The van der Waals surface area contributed by atoms with Crippen molar-refractivity contribution in [3.8, 4) is 23.3 Å². The van der Waals surface area contributed by atoms with Crippen LogP contribution in [-0.2, 0) is 11.4 Å². The number of benzene rings is 3. The largest absolute Gasteiger partial charge is 0.493 e. The smallest absolute Gasteiger partial charge is 0.266 e. The van der Waals surface area contributed by atoms with Crippen LogP contribution in [0.5, 0.6) is 17.2 Å². The maximum Gasteiger partial charge on any atom is 0.266 e. The lowest BCUT2D eigenvalue weighted by Gasteiger charge is -2.16. The molecule has 0 radical (unpaired) electrons. The van der Waals surface area contributed by atoms with Gasteiger partial charge in [0.05, 0.1) is 17.7 Å². The average Bonchev–Trinajstić information content (AvgIpc) is 2.84. The Morgan fingerprint density at radius 2 is 1.83 bits per heavy atom. The average molecular weight is 556 g/mol. The van der Waals surface area contributed by atoms with Gasteiger partial charge >= 0.3 is 0 Å². The van der Waals surface area contributed by atoms with E-state index in [4.69, 9.17) is 25.8 Å². The quantitative estimate of drug-likeness (QED) is 0.227. The number of hydrogen-bond donors (Lipinski definition) is 1. The molecule has 6 nitrogen and oxygen atoms in total. The van der Waals surface area contributed by atoms with E-state index < -0.39 is 5.91 Å². The van der Waals surface area contributed by atoms with Gasteiger partial charge in [-0.1, -0.05) is 23.7 Å². The van der Waals surface area contributed by atoms with Crippen molar-refractivity contribution < 1.29 is 19.0 Å². The lowest BCUT2D eigenvalue weighted by Crippen LogP contribution is -2.13. The molecule has 0 aliphatic heterocycles. The Bertz CT molecular complexity index is 1250. The number of hydrogen-bond acceptors (Lipinski definition) is 5. The van der Waals surface area contributed by atoms with Gasteiger partial charge in [-0.15, -0.1) is 0 Å². The fraction of sp³-hybridized carbons (Fsp3) is 0.185. The van der Waals surface area contributed by atoms with Crippen LogP contribution >= 0.6 is 27.5 Å². The van der Waals surface area contributed by atoms with Gasteiger partial charge in [0.15, 0.2) is 11.5 Å². The van der Waals surface area contributed by atoms with Gasteiger partial charge in [0, 0.05) is 10.7 Å². The molecular weight excluding hydrogens is 532 g/mol. The van der Waals surface area contributed by atoms with Gasteiger partial charge in [-0.2, -0.15) is 5.26 Å². The first-order valence-electron chi connectivity index (χ1n) is 10.7. The molecule has 180 valence electrons. The summed E-state index contributed by atoms with van der Waals surface area (Å²) in [5.74, 6) is 1.17. The van der Waals surface area contributed by atoms with Gasteiger partial charge in [-0.3, -0.25) is 4.79 Å². The number of halogens is 2. The third-order valence-electron chi connectivity index (χ3n) is 4.71. The molecule has 1 N–H and O–H groups in total. The second kappa shape index (κ2) is 12.3. The Labute approximate surface area is 218 Å². The van der Waals surface area contributed by atoms with Crippen LogP contribution in [0.3, 0.4) is 0 Å². The summed E-state index contributed by atoms with van der Waals surface area (Å²) in [7, 11) is 1.53. The maximum atomic E-state index is 12.7. The highest BCUT2D eigenvalue weighted by Crippen LogP contribution is 2.38. The van der Waals surface area contributed by atoms with E-state index in [1.807, 2.05) is 44.2 Å². The lowest BCUT2D eigenvalue weighted by molar-refractivity contribution is -0.112. The number of methoxy groups -OCH3 is 1. The van der Waals surface area contributed by atoms with E-state index in [0.29, 0.717) is 44.6 Å². The topological polar surface area (TPSA) is 80.6 Å². The summed E-state index contributed by atoms with van der Waals surface area (Å²) in [6.45, 7) is 4.22. The first-order chi connectivity index (χ1) is 16.8. The van der Waals surface area contributed by atoms with Crippen molar-refractivity contribution in [2.24, 2.45) is 0 Å². The van der Waals surface area contributed by atoms with Crippen molar-refractivity contribution in [1.29, 1.82) is 5.26 Å². The number of nitriles is 1. The zero-order valence-corrected chi connectivity index (χ0v) is 21.8. The predicted octanol–water partition coefficient (Wildman–Crippen LogP) is 7.02. The number of nitrogens with zero attached hydrogens (tertiary/aromatic N) is 1. The van der Waals surface area contributed by atoms with Gasteiger partial charge in [0.2, 0.25) is 0 Å². The minimum absolute atomic E-state index is 0.0451. The molecule has 0 saturated carbocycles. The first kappa shape index (κ1) is 26.1. The molecule has 0 spiro atoms. The normalized spacial score (nSPS) is 11.1. The number of nitrogens with one attached hydrogen (secondary N) is 1. The van der Waals surface area contributed by atoms with Gasteiger partial charge in [-0.05, 0) is 95.5 Å². The standard InChI is InChI=1S/C27H24BrClN2O4/c1-17(2)35-26-24(28)13-19(14-25(26)33-3)12-20(15-30)27(32)31-22-8-10-23(11-9-22)34-16-18-4-6-21(29)7-5-18/h4-14,17H,16H2,1-3H3,(H,31,32)/b20-12+. The van der Waals surface area contributed by atoms with Crippen LogP contribution in [0.2, 0.25) is 5.02 Å². The van der Waals surface area contributed by atoms with Crippen LogP contribution in [0, 0.1) is 11.3 Å². The Hall–Kier alpha value is -3.47. The molecule has 0 aliphatic carbocycles. The third-order valence-corrected chi connectivity index (χ3v) is 5.55. The van der Waals surface area contributed by atoms with Gasteiger partial charge in [0.1, 0.15) is 24.0 Å². The number of carbonyl (C=O) groups is 1. The molecule has 0 saturated heterocycles. The van der Waals surface area contributed by atoms with Crippen LogP contribution < -0.4 is 19.5 Å². The lowest BCUT2D eigenvalue weighted by atomic mass is 10.1. The van der Waals surface area contributed by atoms with Crippen LogP contribution in [0.1, 0.15) is 25.0 Å². The third kappa shape index (κ3) is 7.51. The van der Waals surface area contributed by atoms with Crippen LogP contribution in [0.15, 0.2) is 70.7 Å². The molecule has 0 bridgehead atoms. The summed E-state index contributed by atoms with van der Waals surface area (Å²) in [5.41, 5.74) is 2.08. The van der Waals surface area contributed by atoms with Crippen molar-refractivity contribution in [3.05, 3.63) is 86.9 Å². The second-order valence-corrected chi connectivity index (χ2v) is 9.05. The van der Waals surface area contributed by atoms with Crippen molar-refractivity contribution in [3.63, 3.8) is 0 Å². The molecule has 0 unspecified atom stereocenters. The van der Waals surface area contributed by atoms with Gasteiger partial charge in [-0.25, -0.2) is 0 Å². The Balaban J connectivity index is 1.68. The zero-order chi connectivity index (χ0) is 25.4. The second-order valence-electron chi connectivity index (χ2n) is 7.76. The molecule has 0 heterocycles. The summed E-state index contributed by atoms with van der Waals surface area (Å²) in [4.78, 5) is 12.7. The minimum Gasteiger partial charge on any atom is -0.493 e. The van der Waals surface area contributed by atoms with Gasteiger partial charge in [0.25, 0.3) is 5.91 Å². The molecule has 0 aromatic heterocycles. The highest BCUT2D eigenvalue weighted by molar-refractivity contribution is 9.10. The number of carbonyl (C=O) groups excluding carboxylic acids is 1. The summed E-state index contributed by atoms with van der Waals surface area (Å²) in [6, 6.07) is 19.7. The number of anilines is 1. The molecule has 1 amide bonds. The van der Waals surface area contributed by atoms with E-state index in [1.54, 1.807) is 36.4 Å². The summed E-state index contributed by atoms with van der Waals surface area (Å²) in [6.07, 6.45) is 1.45.